The molecule has 0 aliphatic rings. The Balaban J connectivity index is 0.000000500. The lowest BCUT2D eigenvalue weighted by atomic mass is 10.2. The van der Waals surface area contributed by atoms with E-state index in [1.807, 2.05) is 18.4 Å². The molecule has 146 valence electrons. The number of halogens is 2. The molecule has 0 aliphatic carbocycles. The molecule has 0 N–H and O–H groups in total. The van der Waals surface area contributed by atoms with Gasteiger partial charge in [-0.3, -0.25) is 13.0 Å². The van der Waals surface area contributed by atoms with Gasteiger partial charge in [-0.15, -0.1) is 0 Å². The van der Waals surface area contributed by atoms with Gasteiger partial charge < -0.3 is 9.11 Å². The van der Waals surface area contributed by atoms with Crippen molar-refractivity contribution in [2.45, 2.75) is 13.8 Å². The number of aryl methyl sites for hydroxylation is 1. The van der Waals surface area contributed by atoms with Crippen molar-refractivity contribution in [3.63, 3.8) is 0 Å². The number of imidazole rings is 1. The van der Waals surface area contributed by atoms with E-state index in [9.17, 15) is 4.39 Å². The zero-order valence-electron chi connectivity index (χ0n) is 14.7. The summed E-state index contributed by atoms with van der Waals surface area (Å²) in [4.78, 5) is 8.42. The second kappa shape index (κ2) is 8.95. The third kappa shape index (κ3) is 6.44. The van der Waals surface area contributed by atoms with Gasteiger partial charge in [0.05, 0.1) is 5.69 Å². The average Bonchev–Trinajstić information content (AvgIpc) is 2.86. The Bertz CT molecular complexity index is 1140. The first-order chi connectivity index (χ1) is 13.0. The van der Waals surface area contributed by atoms with E-state index in [1.54, 1.807) is 30.5 Å². The molecule has 0 saturated heterocycles. The number of pyridine rings is 1. The van der Waals surface area contributed by atoms with Crippen molar-refractivity contribution < 1.29 is 21.9 Å². The van der Waals surface area contributed by atoms with E-state index in [1.165, 1.54) is 12.1 Å². The topological polar surface area (TPSA) is 111 Å². The van der Waals surface area contributed by atoms with Crippen LogP contribution in [0, 0.1) is 31.5 Å². The van der Waals surface area contributed by atoms with Gasteiger partial charge in [-0.1, -0.05) is 17.5 Å². The molecular weight excluding hydrogens is 409 g/mol. The highest BCUT2D eigenvalue weighted by molar-refractivity contribution is 7.79. The highest BCUT2D eigenvalue weighted by Crippen LogP contribution is 2.18. The van der Waals surface area contributed by atoms with Crippen LogP contribution in [0.2, 0.25) is 5.15 Å². The minimum atomic E-state index is -5.17. The van der Waals surface area contributed by atoms with Crippen LogP contribution in [-0.4, -0.2) is 32.1 Å². The van der Waals surface area contributed by atoms with E-state index >= 15 is 0 Å². The largest absolute Gasteiger partial charge is 0.759 e. The van der Waals surface area contributed by atoms with Crippen molar-refractivity contribution in [1.29, 1.82) is 0 Å². The number of aromatic nitrogens is 3. The van der Waals surface area contributed by atoms with Gasteiger partial charge in [-0.05, 0) is 56.2 Å². The van der Waals surface area contributed by atoms with E-state index in [4.69, 9.17) is 29.1 Å². The fourth-order valence-electron chi connectivity index (χ4n) is 2.34. The second-order valence-electron chi connectivity index (χ2n) is 5.43. The van der Waals surface area contributed by atoms with Crippen LogP contribution in [0.1, 0.15) is 22.8 Å². The minimum absolute atomic E-state index is 0.265. The van der Waals surface area contributed by atoms with Crippen LogP contribution in [0.3, 0.4) is 0 Å². The van der Waals surface area contributed by atoms with Crippen LogP contribution in [0.25, 0.3) is 5.69 Å². The van der Waals surface area contributed by atoms with Crippen molar-refractivity contribution >= 4 is 22.0 Å². The summed E-state index contributed by atoms with van der Waals surface area (Å²) in [5.74, 6) is 6.62. The average molecular weight is 422 g/mol. The maximum Gasteiger partial charge on any atom is 0.135 e. The second-order valence-corrected chi connectivity index (χ2v) is 6.63. The zero-order valence-corrected chi connectivity index (χ0v) is 16.3. The molecule has 0 radical (unpaired) electrons. The van der Waals surface area contributed by atoms with Gasteiger partial charge in [0, 0.05) is 27.8 Å². The number of nitrogens with zero attached hydrogens (tertiary/aromatic N) is 3. The summed E-state index contributed by atoms with van der Waals surface area (Å²) in [6, 6.07) is 9.79. The predicted molar refractivity (Wildman–Crippen MR) is 98.7 cm³/mol. The van der Waals surface area contributed by atoms with Gasteiger partial charge in [0.1, 0.15) is 22.5 Å². The van der Waals surface area contributed by atoms with E-state index in [0.29, 0.717) is 10.8 Å². The first kappa shape index (κ1) is 21.5. The molecule has 3 aromatic rings. The first-order valence-corrected chi connectivity index (χ1v) is 9.38. The minimum Gasteiger partial charge on any atom is -0.759 e. The van der Waals surface area contributed by atoms with Crippen molar-refractivity contribution in [3.8, 4) is 17.5 Å². The summed E-state index contributed by atoms with van der Waals surface area (Å²) in [6.45, 7) is 3.83. The molecule has 2 aromatic heterocycles. The Morgan fingerprint density at radius 3 is 2.29 bits per heavy atom. The van der Waals surface area contributed by atoms with E-state index in [-0.39, 0.29) is 5.82 Å². The number of rotatable bonds is 1. The Morgan fingerprint density at radius 2 is 1.71 bits per heavy atom. The molecule has 28 heavy (non-hydrogen) atoms. The fraction of sp³-hybridized carbons (Fsp3) is 0.111. The molecule has 2 heterocycles. The Kier molecular flexibility index (Phi) is 6.88. The summed E-state index contributed by atoms with van der Waals surface area (Å²) in [6.07, 6.45) is 1.61. The van der Waals surface area contributed by atoms with E-state index in [2.05, 4.69) is 21.8 Å². The van der Waals surface area contributed by atoms with Gasteiger partial charge in [0.25, 0.3) is 0 Å². The highest BCUT2D eigenvalue weighted by Gasteiger charge is 2.10. The number of hydrogen-bond donors (Lipinski definition) is 0. The predicted octanol–water partition coefficient (Wildman–Crippen LogP) is 2.74. The van der Waals surface area contributed by atoms with Crippen molar-refractivity contribution in [2.75, 3.05) is 0 Å². The van der Waals surface area contributed by atoms with Crippen molar-refractivity contribution in [3.05, 3.63) is 76.3 Å². The molecule has 0 bridgehead atoms. The highest BCUT2D eigenvalue weighted by atomic mass is 35.5. The summed E-state index contributed by atoms with van der Waals surface area (Å²) in [7, 11) is -5.17. The summed E-state index contributed by atoms with van der Waals surface area (Å²) >= 11 is 5.85. The summed E-state index contributed by atoms with van der Waals surface area (Å²) in [5.41, 5.74) is 3.22. The first-order valence-electron chi connectivity index (χ1n) is 7.67. The van der Waals surface area contributed by atoms with Crippen molar-refractivity contribution in [1.82, 2.24) is 14.5 Å². The lowest BCUT2D eigenvalue weighted by Gasteiger charge is -2.07. The third-order valence-corrected chi connectivity index (χ3v) is 3.62. The van der Waals surface area contributed by atoms with Gasteiger partial charge in [-0.25, -0.2) is 14.4 Å². The standard InChI is InChI=1S/C18H13ClFN3.H2O4S/c1-12-17(8-3-14-9-10-21-18(19)11-14)22-13(2)23(12)16-6-4-15(20)5-7-16;1-5(2,3)4/h4-7,9-11H,1-2H3;(H2,1,2,3,4)/p-2. The Hall–Kier alpha value is -2.77. The van der Waals surface area contributed by atoms with Gasteiger partial charge >= 0.3 is 0 Å². The lowest BCUT2D eigenvalue weighted by molar-refractivity contribution is 0.352. The van der Waals surface area contributed by atoms with Gasteiger partial charge in [0.2, 0.25) is 0 Å². The smallest absolute Gasteiger partial charge is 0.135 e. The molecule has 0 amide bonds. The molecule has 7 nitrogen and oxygen atoms in total. The van der Waals surface area contributed by atoms with Gasteiger partial charge in [0.15, 0.2) is 0 Å². The van der Waals surface area contributed by atoms with Crippen LogP contribution < -0.4 is 0 Å². The van der Waals surface area contributed by atoms with Crippen LogP contribution >= 0.6 is 11.6 Å². The number of hydrogen-bond acceptors (Lipinski definition) is 6. The monoisotopic (exact) mass is 421 g/mol. The van der Waals surface area contributed by atoms with Gasteiger partial charge in [-0.2, -0.15) is 0 Å². The maximum atomic E-state index is 13.1. The molecule has 0 atom stereocenters. The van der Waals surface area contributed by atoms with Crippen LogP contribution in [0.15, 0.2) is 42.6 Å². The molecule has 0 spiro atoms. The molecule has 1 aromatic carbocycles. The molecular formula is C18H13ClFN3O4S-2. The molecule has 0 fully saturated rings. The zero-order chi connectivity index (χ0) is 20.9. The lowest BCUT2D eigenvalue weighted by Crippen LogP contribution is -1.99. The maximum absolute atomic E-state index is 13.1. The number of benzene rings is 1. The molecule has 10 heteroatoms. The van der Waals surface area contributed by atoms with Crippen molar-refractivity contribution in [2.24, 2.45) is 0 Å². The molecule has 0 saturated carbocycles. The fourth-order valence-corrected chi connectivity index (χ4v) is 2.52. The van der Waals surface area contributed by atoms with E-state index in [0.717, 1.165) is 22.8 Å². The van der Waals surface area contributed by atoms with E-state index < -0.39 is 10.4 Å². The van der Waals surface area contributed by atoms with Crippen LogP contribution in [0.5, 0.6) is 0 Å². The van der Waals surface area contributed by atoms with Crippen LogP contribution in [0.4, 0.5) is 4.39 Å². The summed E-state index contributed by atoms with van der Waals surface area (Å²) in [5, 5.41) is 0.404. The molecule has 3 rings (SSSR count). The SMILES string of the molecule is Cc1nc(C#Cc2ccnc(Cl)c2)c(C)n1-c1ccc(F)cc1.O=S(=O)([O-])[O-]. The quantitative estimate of drug-likeness (QED) is 0.258. The Labute approximate surface area is 166 Å². The Morgan fingerprint density at radius 1 is 1.11 bits per heavy atom. The normalized spacial score (nSPS) is 10.5. The molecule has 0 unspecified atom stereocenters. The molecule has 0 aliphatic heterocycles. The van der Waals surface area contributed by atoms with Crippen LogP contribution in [-0.2, 0) is 10.4 Å². The third-order valence-electron chi connectivity index (χ3n) is 3.41. The summed E-state index contributed by atoms with van der Waals surface area (Å²) < 4.78 is 49.1.